The van der Waals surface area contributed by atoms with Crippen molar-refractivity contribution in [3.63, 3.8) is 0 Å². The fraction of sp³-hybridized carbons (Fsp3) is 0.625. The smallest absolute Gasteiger partial charge is 0.123 e. The van der Waals surface area contributed by atoms with Crippen LogP contribution in [0.3, 0.4) is 0 Å². The predicted molar refractivity (Wildman–Crippen MR) is 74.1 cm³/mol. The van der Waals surface area contributed by atoms with E-state index in [0.29, 0.717) is 12.0 Å². The molecule has 104 valence electrons. The van der Waals surface area contributed by atoms with Crippen molar-refractivity contribution >= 4 is 0 Å². The molecule has 3 rings (SSSR count). The number of methoxy groups -OCH3 is 1. The third kappa shape index (κ3) is 2.62. The standard InChI is InChI=1S/C16H22FNO/c1-19-16-7-6-13(17)9-14(16)12-8-15(18-10-12)11-4-2-3-5-11/h6-7,9,11-12,15,18H,2-5,8,10H2,1H3. The summed E-state index contributed by atoms with van der Waals surface area (Å²) in [5, 5.41) is 3.64. The molecule has 1 aromatic carbocycles. The first-order chi connectivity index (χ1) is 9.28. The third-order valence-electron chi connectivity index (χ3n) is 4.77. The fourth-order valence-corrected chi connectivity index (χ4v) is 3.75. The highest BCUT2D eigenvalue weighted by molar-refractivity contribution is 5.38. The summed E-state index contributed by atoms with van der Waals surface area (Å²) < 4.78 is 18.8. The molecule has 2 atom stereocenters. The fourth-order valence-electron chi connectivity index (χ4n) is 3.75. The van der Waals surface area contributed by atoms with Gasteiger partial charge >= 0.3 is 0 Å². The van der Waals surface area contributed by atoms with Gasteiger partial charge in [0, 0.05) is 24.1 Å². The van der Waals surface area contributed by atoms with E-state index in [1.807, 2.05) is 0 Å². The van der Waals surface area contributed by atoms with E-state index in [-0.39, 0.29) is 5.82 Å². The molecule has 2 fully saturated rings. The van der Waals surface area contributed by atoms with Crippen LogP contribution in [0.4, 0.5) is 4.39 Å². The maximum absolute atomic E-state index is 13.5. The SMILES string of the molecule is COc1ccc(F)cc1C1CNC(C2CCCC2)C1. The lowest BCUT2D eigenvalue weighted by molar-refractivity contribution is 0.391. The van der Waals surface area contributed by atoms with Gasteiger partial charge in [0.2, 0.25) is 0 Å². The van der Waals surface area contributed by atoms with Crippen LogP contribution < -0.4 is 10.1 Å². The van der Waals surface area contributed by atoms with Crippen molar-refractivity contribution in [3.05, 3.63) is 29.6 Å². The Balaban J connectivity index is 1.75. The summed E-state index contributed by atoms with van der Waals surface area (Å²) in [6.45, 7) is 0.945. The normalized spacial score (nSPS) is 27.9. The van der Waals surface area contributed by atoms with E-state index < -0.39 is 0 Å². The van der Waals surface area contributed by atoms with Crippen molar-refractivity contribution < 1.29 is 9.13 Å². The van der Waals surface area contributed by atoms with Crippen molar-refractivity contribution in [1.29, 1.82) is 0 Å². The molecule has 0 aromatic heterocycles. The molecule has 1 aromatic rings. The molecule has 19 heavy (non-hydrogen) atoms. The van der Waals surface area contributed by atoms with Crippen LogP contribution in [0.25, 0.3) is 0 Å². The van der Waals surface area contributed by atoms with Crippen LogP contribution in [0.5, 0.6) is 5.75 Å². The molecule has 1 heterocycles. The number of ether oxygens (including phenoxy) is 1. The minimum atomic E-state index is -0.167. The van der Waals surface area contributed by atoms with Crippen LogP contribution in [0.2, 0.25) is 0 Å². The number of nitrogens with one attached hydrogen (secondary N) is 1. The highest BCUT2D eigenvalue weighted by Gasteiger charge is 2.33. The minimum Gasteiger partial charge on any atom is -0.496 e. The average molecular weight is 263 g/mol. The maximum atomic E-state index is 13.5. The summed E-state index contributed by atoms with van der Waals surface area (Å²) in [6.07, 6.45) is 6.56. The number of hydrogen-bond acceptors (Lipinski definition) is 2. The van der Waals surface area contributed by atoms with Gasteiger partial charge in [0.05, 0.1) is 7.11 Å². The first kappa shape index (κ1) is 12.9. The van der Waals surface area contributed by atoms with Crippen molar-refractivity contribution in [2.24, 2.45) is 5.92 Å². The summed E-state index contributed by atoms with van der Waals surface area (Å²) in [6, 6.07) is 5.47. The van der Waals surface area contributed by atoms with Crippen LogP contribution in [0.15, 0.2) is 18.2 Å². The number of hydrogen-bond donors (Lipinski definition) is 1. The second kappa shape index (κ2) is 5.49. The lowest BCUT2D eigenvalue weighted by atomic mass is 9.90. The Labute approximate surface area is 114 Å². The Morgan fingerprint density at radius 3 is 2.79 bits per heavy atom. The van der Waals surface area contributed by atoms with Crippen molar-refractivity contribution in [3.8, 4) is 5.75 Å². The van der Waals surface area contributed by atoms with Crippen LogP contribution in [-0.2, 0) is 0 Å². The van der Waals surface area contributed by atoms with Crippen LogP contribution in [0.1, 0.15) is 43.6 Å². The van der Waals surface area contributed by atoms with Crippen molar-refractivity contribution in [1.82, 2.24) is 5.32 Å². The average Bonchev–Trinajstić information content (AvgIpc) is 3.09. The van der Waals surface area contributed by atoms with E-state index >= 15 is 0 Å². The van der Waals surface area contributed by atoms with Crippen molar-refractivity contribution in [2.75, 3.05) is 13.7 Å². The summed E-state index contributed by atoms with van der Waals surface area (Å²) in [5.74, 6) is 1.86. The molecule has 0 amide bonds. The highest BCUT2D eigenvalue weighted by atomic mass is 19.1. The Kier molecular flexibility index (Phi) is 3.74. The van der Waals surface area contributed by atoms with Gasteiger partial charge in [-0.25, -0.2) is 4.39 Å². The molecule has 1 aliphatic carbocycles. The molecule has 1 saturated heterocycles. The first-order valence-corrected chi connectivity index (χ1v) is 7.34. The van der Waals surface area contributed by atoms with Gasteiger partial charge in [-0.2, -0.15) is 0 Å². The largest absolute Gasteiger partial charge is 0.496 e. The molecule has 1 N–H and O–H groups in total. The molecule has 0 radical (unpaired) electrons. The molecule has 2 nitrogen and oxygen atoms in total. The van der Waals surface area contributed by atoms with Crippen LogP contribution in [-0.4, -0.2) is 19.7 Å². The van der Waals surface area contributed by atoms with E-state index in [9.17, 15) is 4.39 Å². The zero-order chi connectivity index (χ0) is 13.2. The third-order valence-corrected chi connectivity index (χ3v) is 4.77. The predicted octanol–water partition coefficient (Wildman–Crippen LogP) is 3.47. The Hall–Kier alpha value is -1.09. The number of rotatable bonds is 3. The number of halogens is 1. The minimum absolute atomic E-state index is 0.167. The molecule has 2 aliphatic rings. The van der Waals surface area contributed by atoms with Gasteiger partial charge in [-0.15, -0.1) is 0 Å². The lowest BCUT2D eigenvalue weighted by Gasteiger charge is -2.18. The summed E-state index contributed by atoms with van der Waals surface area (Å²) in [5.41, 5.74) is 1.02. The van der Waals surface area contributed by atoms with Gasteiger partial charge < -0.3 is 10.1 Å². The second-order valence-corrected chi connectivity index (χ2v) is 5.88. The van der Waals surface area contributed by atoms with Gasteiger partial charge in [0.25, 0.3) is 0 Å². The van der Waals surface area contributed by atoms with E-state index in [2.05, 4.69) is 5.32 Å². The summed E-state index contributed by atoms with van der Waals surface area (Å²) in [4.78, 5) is 0. The second-order valence-electron chi connectivity index (χ2n) is 5.88. The molecule has 0 spiro atoms. The molecule has 1 aliphatic heterocycles. The van der Waals surface area contributed by atoms with Gasteiger partial charge in [0.1, 0.15) is 11.6 Å². The van der Waals surface area contributed by atoms with E-state index in [1.54, 1.807) is 19.2 Å². The summed E-state index contributed by atoms with van der Waals surface area (Å²) in [7, 11) is 1.66. The zero-order valence-corrected chi connectivity index (χ0v) is 11.5. The Bertz CT molecular complexity index is 442. The molecule has 3 heteroatoms. The highest BCUT2D eigenvalue weighted by Crippen LogP contribution is 2.38. The van der Waals surface area contributed by atoms with Crippen LogP contribution in [0, 0.1) is 11.7 Å². The first-order valence-electron chi connectivity index (χ1n) is 7.34. The zero-order valence-electron chi connectivity index (χ0n) is 11.5. The molecular formula is C16H22FNO. The van der Waals surface area contributed by atoms with Gasteiger partial charge in [0.15, 0.2) is 0 Å². The Morgan fingerprint density at radius 2 is 2.05 bits per heavy atom. The molecule has 2 unspecified atom stereocenters. The van der Waals surface area contributed by atoms with Crippen LogP contribution >= 0.6 is 0 Å². The quantitative estimate of drug-likeness (QED) is 0.901. The van der Waals surface area contributed by atoms with Gasteiger partial charge in [-0.3, -0.25) is 0 Å². The van der Waals surface area contributed by atoms with Gasteiger partial charge in [-0.05, 0) is 43.4 Å². The topological polar surface area (TPSA) is 21.3 Å². The monoisotopic (exact) mass is 263 g/mol. The lowest BCUT2D eigenvalue weighted by Crippen LogP contribution is -2.28. The summed E-state index contributed by atoms with van der Waals surface area (Å²) >= 11 is 0. The van der Waals surface area contributed by atoms with Crippen molar-refractivity contribution in [2.45, 2.75) is 44.1 Å². The molecule has 1 saturated carbocycles. The Morgan fingerprint density at radius 1 is 1.26 bits per heavy atom. The molecule has 0 bridgehead atoms. The van der Waals surface area contributed by atoms with E-state index in [4.69, 9.17) is 4.74 Å². The number of benzene rings is 1. The van der Waals surface area contributed by atoms with E-state index in [0.717, 1.165) is 30.2 Å². The maximum Gasteiger partial charge on any atom is 0.123 e. The van der Waals surface area contributed by atoms with Gasteiger partial charge in [-0.1, -0.05) is 12.8 Å². The molecular weight excluding hydrogens is 241 g/mol. The van der Waals surface area contributed by atoms with E-state index in [1.165, 1.54) is 31.7 Å².